The van der Waals surface area contributed by atoms with Gasteiger partial charge in [-0.15, -0.1) is 0 Å². The number of carbonyl (C=O) groups is 1. The van der Waals surface area contributed by atoms with Gasteiger partial charge < -0.3 is 9.84 Å². The SMILES string of the molecule is O=C(O)c1cc(S(=O)(=O)NC2CCOCC2)c(Cl)cc1Cl. The Labute approximate surface area is 132 Å². The number of halogens is 2. The van der Waals surface area contributed by atoms with Gasteiger partial charge >= 0.3 is 5.97 Å². The summed E-state index contributed by atoms with van der Waals surface area (Å²) in [5.74, 6) is -1.32. The second kappa shape index (κ2) is 6.50. The Morgan fingerprint density at radius 1 is 1.24 bits per heavy atom. The molecule has 116 valence electrons. The van der Waals surface area contributed by atoms with Crippen LogP contribution in [0.5, 0.6) is 0 Å². The number of nitrogens with one attached hydrogen (secondary N) is 1. The number of hydrogen-bond acceptors (Lipinski definition) is 4. The lowest BCUT2D eigenvalue weighted by atomic mass is 10.1. The van der Waals surface area contributed by atoms with Crippen LogP contribution in [0.15, 0.2) is 17.0 Å². The van der Waals surface area contributed by atoms with Gasteiger partial charge in [-0.05, 0) is 25.0 Å². The number of carboxylic acids is 1. The summed E-state index contributed by atoms with van der Waals surface area (Å²) in [5, 5.41) is 8.77. The average molecular weight is 354 g/mol. The van der Waals surface area contributed by atoms with Crippen LogP contribution in [0.4, 0.5) is 0 Å². The summed E-state index contributed by atoms with van der Waals surface area (Å²) < 4.78 is 32.3. The molecular formula is C12H13Cl2NO5S. The first-order valence-electron chi connectivity index (χ1n) is 6.13. The first kappa shape index (κ1) is 16.5. The van der Waals surface area contributed by atoms with Gasteiger partial charge in [0.2, 0.25) is 10.0 Å². The predicted octanol–water partition coefficient (Wildman–Crippen LogP) is 2.15. The number of carboxylic acid groups (broad SMARTS) is 1. The van der Waals surface area contributed by atoms with E-state index in [0.717, 1.165) is 12.1 Å². The van der Waals surface area contributed by atoms with Crippen LogP contribution < -0.4 is 4.72 Å². The summed E-state index contributed by atoms with van der Waals surface area (Å²) in [7, 11) is -3.92. The summed E-state index contributed by atoms with van der Waals surface area (Å²) in [4.78, 5) is 10.7. The lowest BCUT2D eigenvalue weighted by molar-refractivity contribution is 0.0697. The maximum absolute atomic E-state index is 12.3. The molecule has 0 aliphatic carbocycles. The summed E-state index contributed by atoms with van der Waals surface area (Å²) in [6.45, 7) is 0.948. The van der Waals surface area contributed by atoms with Crippen LogP contribution in [0.2, 0.25) is 10.0 Å². The zero-order chi connectivity index (χ0) is 15.6. The van der Waals surface area contributed by atoms with Crippen molar-refractivity contribution in [3.05, 3.63) is 27.7 Å². The van der Waals surface area contributed by atoms with E-state index in [1.54, 1.807) is 0 Å². The van der Waals surface area contributed by atoms with Crippen LogP contribution in [0, 0.1) is 0 Å². The molecule has 2 N–H and O–H groups in total. The molecule has 0 unspecified atom stereocenters. The molecule has 1 aliphatic heterocycles. The van der Waals surface area contributed by atoms with Crippen molar-refractivity contribution in [1.82, 2.24) is 4.72 Å². The van der Waals surface area contributed by atoms with E-state index in [9.17, 15) is 13.2 Å². The molecule has 0 radical (unpaired) electrons. The van der Waals surface area contributed by atoms with Gasteiger partial charge in [-0.25, -0.2) is 17.9 Å². The molecule has 1 aliphatic rings. The Bertz CT molecular complexity index is 656. The summed E-state index contributed by atoms with van der Waals surface area (Å²) in [5.41, 5.74) is -0.312. The standard InChI is InChI=1S/C12H13Cl2NO5S/c13-9-6-10(14)11(5-8(9)12(16)17)21(18,19)15-7-1-3-20-4-2-7/h5-7,15H,1-4H2,(H,16,17). The maximum atomic E-state index is 12.3. The third-order valence-corrected chi connectivity index (χ3v) is 5.38. The van der Waals surface area contributed by atoms with Crippen molar-refractivity contribution in [2.75, 3.05) is 13.2 Å². The number of aromatic carboxylic acids is 1. The van der Waals surface area contributed by atoms with Crippen LogP contribution in [-0.4, -0.2) is 38.7 Å². The summed E-state index contributed by atoms with van der Waals surface area (Å²) >= 11 is 11.6. The molecule has 21 heavy (non-hydrogen) atoms. The van der Waals surface area contributed by atoms with Crippen molar-refractivity contribution in [2.45, 2.75) is 23.8 Å². The highest BCUT2D eigenvalue weighted by molar-refractivity contribution is 7.89. The minimum absolute atomic E-state index is 0.113. The van der Waals surface area contributed by atoms with E-state index < -0.39 is 16.0 Å². The van der Waals surface area contributed by atoms with Gasteiger partial charge in [0.05, 0.1) is 15.6 Å². The lowest BCUT2D eigenvalue weighted by Gasteiger charge is -2.23. The zero-order valence-electron chi connectivity index (χ0n) is 10.8. The Kier molecular flexibility index (Phi) is 5.11. The molecule has 0 saturated carbocycles. The highest BCUT2D eigenvalue weighted by atomic mass is 35.5. The minimum atomic E-state index is -3.92. The maximum Gasteiger partial charge on any atom is 0.337 e. The Morgan fingerprint density at radius 2 is 1.86 bits per heavy atom. The van der Waals surface area contributed by atoms with Crippen LogP contribution in [0.1, 0.15) is 23.2 Å². The van der Waals surface area contributed by atoms with E-state index in [2.05, 4.69) is 4.72 Å². The van der Waals surface area contributed by atoms with E-state index in [1.807, 2.05) is 0 Å². The second-order valence-electron chi connectivity index (χ2n) is 4.58. The number of ether oxygens (including phenoxy) is 1. The van der Waals surface area contributed by atoms with E-state index in [0.29, 0.717) is 26.1 Å². The number of hydrogen-bond donors (Lipinski definition) is 2. The molecule has 6 nitrogen and oxygen atoms in total. The number of benzene rings is 1. The molecule has 0 aromatic heterocycles. The van der Waals surface area contributed by atoms with Gasteiger partial charge in [-0.3, -0.25) is 0 Å². The van der Waals surface area contributed by atoms with Crippen molar-refractivity contribution >= 4 is 39.2 Å². The fourth-order valence-corrected chi connectivity index (χ4v) is 4.16. The van der Waals surface area contributed by atoms with Gasteiger partial charge in [0.1, 0.15) is 4.90 Å². The first-order chi connectivity index (χ1) is 9.81. The molecule has 0 atom stereocenters. The largest absolute Gasteiger partial charge is 0.478 e. The molecule has 1 fully saturated rings. The van der Waals surface area contributed by atoms with Crippen molar-refractivity contribution in [3.8, 4) is 0 Å². The average Bonchev–Trinajstić information content (AvgIpc) is 2.38. The van der Waals surface area contributed by atoms with Crippen molar-refractivity contribution in [1.29, 1.82) is 0 Å². The molecule has 1 aromatic rings. The fraction of sp³-hybridized carbons (Fsp3) is 0.417. The lowest BCUT2D eigenvalue weighted by Crippen LogP contribution is -2.39. The Balaban J connectivity index is 2.34. The molecule has 1 heterocycles. The van der Waals surface area contributed by atoms with Crippen LogP contribution >= 0.6 is 23.2 Å². The molecule has 0 bridgehead atoms. The van der Waals surface area contributed by atoms with Crippen molar-refractivity contribution in [3.63, 3.8) is 0 Å². The highest BCUT2D eigenvalue weighted by Crippen LogP contribution is 2.29. The molecule has 9 heteroatoms. The van der Waals surface area contributed by atoms with E-state index in [1.165, 1.54) is 0 Å². The van der Waals surface area contributed by atoms with E-state index in [-0.39, 0.29) is 26.5 Å². The predicted molar refractivity (Wildman–Crippen MR) is 77.6 cm³/mol. The van der Waals surface area contributed by atoms with Gasteiger partial charge in [0.25, 0.3) is 0 Å². The third kappa shape index (κ3) is 3.87. The summed E-state index contributed by atoms with van der Waals surface area (Å²) in [6, 6.07) is 1.82. The Hall–Kier alpha value is -0.860. The van der Waals surface area contributed by atoms with Crippen molar-refractivity contribution in [2.24, 2.45) is 0 Å². The van der Waals surface area contributed by atoms with Gasteiger partial charge in [-0.2, -0.15) is 0 Å². The van der Waals surface area contributed by atoms with Crippen LogP contribution in [-0.2, 0) is 14.8 Å². The van der Waals surface area contributed by atoms with Gasteiger partial charge in [0.15, 0.2) is 0 Å². The van der Waals surface area contributed by atoms with Gasteiger partial charge in [-0.1, -0.05) is 23.2 Å². The quantitative estimate of drug-likeness (QED) is 0.864. The molecule has 0 spiro atoms. The number of sulfonamides is 1. The van der Waals surface area contributed by atoms with Crippen molar-refractivity contribution < 1.29 is 23.1 Å². The minimum Gasteiger partial charge on any atom is -0.478 e. The van der Waals surface area contributed by atoms with E-state index >= 15 is 0 Å². The smallest absolute Gasteiger partial charge is 0.337 e. The topological polar surface area (TPSA) is 92.7 Å². The second-order valence-corrected chi connectivity index (χ2v) is 7.07. The fourth-order valence-electron chi connectivity index (χ4n) is 2.00. The molecule has 1 saturated heterocycles. The zero-order valence-corrected chi connectivity index (χ0v) is 13.1. The molecule has 1 aromatic carbocycles. The normalized spacial score (nSPS) is 16.9. The van der Waals surface area contributed by atoms with Crippen LogP contribution in [0.25, 0.3) is 0 Å². The highest BCUT2D eigenvalue weighted by Gasteiger charge is 2.26. The molecular weight excluding hydrogens is 341 g/mol. The molecule has 2 rings (SSSR count). The first-order valence-corrected chi connectivity index (χ1v) is 8.37. The van der Waals surface area contributed by atoms with Crippen LogP contribution in [0.3, 0.4) is 0 Å². The molecule has 0 amide bonds. The summed E-state index contributed by atoms with van der Waals surface area (Å²) in [6.07, 6.45) is 1.10. The van der Waals surface area contributed by atoms with Gasteiger partial charge in [0, 0.05) is 19.3 Å². The monoisotopic (exact) mass is 353 g/mol. The van der Waals surface area contributed by atoms with E-state index in [4.69, 9.17) is 33.0 Å². The Morgan fingerprint density at radius 3 is 2.43 bits per heavy atom. The number of rotatable bonds is 4. The third-order valence-electron chi connectivity index (χ3n) is 3.08.